The zero-order valence-electron chi connectivity index (χ0n) is 5.21. The van der Waals surface area contributed by atoms with E-state index in [-0.39, 0.29) is 0 Å². The molecule has 3 heteroatoms. The van der Waals surface area contributed by atoms with Crippen molar-refractivity contribution in [1.29, 1.82) is 0 Å². The van der Waals surface area contributed by atoms with E-state index in [0.717, 1.165) is 12.1 Å². The van der Waals surface area contributed by atoms with E-state index in [1.165, 1.54) is 17.5 Å². The van der Waals surface area contributed by atoms with Crippen LogP contribution in [0.2, 0.25) is 0 Å². The van der Waals surface area contributed by atoms with Gasteiger partial charge in [0.2, 0.25) is 0 Å². The quantitative estimate of drug-likeness (QED) is 0.419. The third-order valence-corrected chi connectivity index (χ3v) is 1.08. The fourth-order valence-corrected chi connectivity index (χ4v) is 0.696. The lowest BCUT2D eigenvalue weighted by molar-refractivity contribution is 0.900. The summed E-state index contributed by atoms with van der Waals surface area (Å²) in [5, 5.41) is 0. The number of nitrogens with two attached hydrogens (primary N) is 1. The summed E-state index contributed by atoms with van der Waals surface area (Å²) in [7, 11) is 0. The van der Waals surface area contributed by atoms with Crippen molar-refractivity contribution in [2.75, 3.05) is 0 Å². The van der Waals surface area contributed by atoms with Gasteiger partial charge in [0.15, 0.2) is 0 Å². The van der Waals surface area contributed by atoms with Crippen molar-refractivity contribution in [3.8, 4) is 0 Å². The van der Waals surface area contributed by atoms with Crippen LogP contribution in [-0.4, -0.2) is 4.70 Å². The topological polar surface area (TPSA) is 26.0 Å². The molecular formula is C6H11NS2. The molecule has 1 aliphatic rings. The van der Waals surface area contributed by atoms with Gasteiger partial charge in [0.25, 0.3) is 0 Å². The SMILES string of the molecule is NC1=CCCC1.S=CS. The zero-order valence-corrected chi connectivity index (χ0v) is 6.92. The highest BCUT2D eigenvalue weighted by atomic mass is 32.1. The van der Waals surface area contributed by atoms with Crippen LogP contribution in [0.1, 0.15) is 19.3 Å². The maximum absolute atomic E-state index is 5.40. The molecule has 2 N–H and O–H groups in total. The predicted molar refractivity (Wildman–Crippen MR) is 48.8 cm³/mol. The molecule has 0 spiro atoms. The van der Waals surface area contributed by atoms with Gasteiger partial charge >= 0.3 is 0 Å². The molecule has 9 heavy (non-hydrogen) atoms. The summed E-state index contributed by atoms with van der Waals surface area (Å²) >= 11 is 7.61. The fourth-order valence-electron chi connectivity index (χ4n) is 0.696. The summed E-state index contributed by atoms with van der Waals surface area (Å²) in [6, 6.07) is 0. The maximum Gasteiger partial charge on any atom is 0.0310 e. The normalized spacial score (nSPS) is 15.4. The molecule has 0 aliphatic heterocycles. The van der Waals surface area contributed by atoms with E-state index in [1.54, 1.807) is 0 Å². The van der Waals surface area contributed by atoms with Crippen molar-refractivity contribution in [2.24, 2.45) is 5.73 Å². The molecule has 0 amide bonds. The van der Waals surface area contributed by atoms with Crippen molar-refractivity contribution >= 4 is 29.5 Å². The first-order valence-electron chi connectivity index (χ1n) is 2.83. The Balaban J connectivity index is 0.000000187. The molecule has 0 bridgehead atoms. The first-order valence-corrected chi connectivity index (χ1v) is 3.82. The molecule has 0 saturated carbocycles. The number of rotatable bonds is 0. The lowest BCUT2D eigenvalue weighted by atomic mass is 10.3. The molecule has 0 radical (unpaired) electrons. The van der Waals surface area contributed by atoms with Gasteiger partial charge in [-0.05, 0) is 19.3 Å². The van der Waals surface area contributed by atoms with E-state index in [2.05, 4.69) is 30.9 Å². The van der Waals surface area contributed by atoms with Gasteiger partial charge < -0.3 is 5.73 Å². The lowest BCUT2D eigenvalue weighted by Crippen LogP contribution is -1.89. The van der Waals surface area contributed by atoms with Gasteiger partial charge in [0, 0.05) is 10.4 Å². The molecule has 1 nitrogen and oxygen atoms in total. The second-order valence-corrected chi connectivity index (χ2v) is 2.62. The summed E-state index contributed by atoms with van der Waals surface area (Å²) in [5.74, 6) is 0. The highest BCUT2D eigenvalue weighted by Gasteiger charge is 1.95. The van der Waals surface area contributed by atoms with Crippen molar-refractivity contribution in [2.45, 2.75) is 19.3 Å². The summed E-state index contributed by atoms with van der Waals surface area (Å²) < 4.78 is 1.28. The van der Waals surface area contributed by atoms with Gasteiger partial charge in [-0.2, -0.15) is 0 Å². The number of hydrogen-bond acceptors (Lipinski definition) is 2. The largest absolute Gasteiger partial charge is 0.402 e. The van der Waals surface area contributed by atoms with E-state index >= 15 is 0 Å². The molecule has 0 aromatic carbocycles. The van der Waals surface area contributed by atoms with Crippen molar-refractivity contribution in [3.63, 3.8) is 0 Å². The minimum absolute atomic E-state index is 1.08. The maximum atomic E-state index is 5.40. The molecule has 0 unspecified atom stereocenters. The van der Waals surface area contributed by atoms with Crippen LogP contribution in [0.4, 0.5) is 0 Å². The minimum atomic E-state index is 1.08. The Labute approximate surface area is 66.7 Å². The van der Waals surface area contributed by atoms with Crippen LogP contribution in [-0.2, 0) is 0 Å². The van der Waals surface area contributed by atoms with Crippen LogP contribution >= 0.6 is 24.8 Å². The Morgan fingerprint density at radius 2 is 2.33 bits per heavy atom. The van der Waals surface area contributed by atoms with Crippen molar-refractivity contribution in [3.05, 3.63) is 11.8 Å². The second-order valence-electron chi connectivity index (χ2n) is 1.78. The Morgan fingerprint density at radius 3 is 2.44 bits per heavy atom. The number of hydrogen-bond donors (Lipinski definition) is 2. The molecule has 0 heterocycles. The Morgan fingerprint density at radius 1 is 1.78 bits per heavy atom. The smallest absolute Gasteiger partial charge is 0.0310 e. The molecular weight excluding hydrogens is 150 g/mol. The van der Waals surface area contributed by atoms with Crippen LogP contribution in [0, 0.1) is 0 Å². The van der Waals surface area contributed by atoms with Crippen LogP contribution < -0.4 is 5.73 Å². The Kier molecular flexibility index (Phi) is 6.09. The zero-order chi connectivity index (χ0) is 7.11. The first-order chi connectivity index (χ1) is 4.31. The fraction of sp³-hybridized carbons (Fsp3) is 0.500. The summed E-state index contributed by atoms with van der Waals surface area (Å²) in [6.07, 6.45) is 5.69. The van der Waals surface area contributed by atoms with Gasteiger partial charge in [0.05, 0.1) is 0 Å². The third-order valence-electron chi connectivity index (χ3n) is 1.08. The molecule has 0 atom stereocenters. The third kappa shape index (κ3) is 5.86. The number of thiol groups is 1. The monoisotopic (exact) mass is 161 g/mol. The molecule has 1 rings (SSSR count). The number of allylic oxidation sites excluding steroid dienone is 2. The van der Waals surface area contributed by atoms with Crippen LogP contribution in [0.25, 0.3) is 0 Å². The average Bonchev–Trinajstić information content (AvgIpc) is 2.20. The van der Waals surface area contributed by atoms with Gasteiger partial charge in [-0.1, -0.05) is 18.3 Å². The van der Waals surface area contributed by atoms with Gasteiger partial charge in [-0.15, -0.1) is 12.6 Å². The van der Waals surface area contributed by atoms with E-state index < -0.39 is 0 Å². The van der Waals surface area contributed by atoms with Gasteiger partial charge in [0.1, 0.15) is 0 Å². The molecule has 0 saturated heterocycles. The Bertz CT molecular complexity index is 110. The van der Waals surface area contributed by atoms with Gasteiger partial charge in [-0.3, -0.25) is 0 Å². The predicted octanol–water partition coefficient (Wildman–Crippen LogP) is 1.89. The standard InChI is InChI=1S/C5H9N.CH2S2/c6-5-3-1-2-4-5;2-1-3/h3H,1-2,4,6H2;1H,(H,2,3). The van der Waals surface area contributed by atoms with Gasteiger partial charge in [-0.25, -0.2) is 0 Å². The van der Waals surface area contributed by atoms with Crippen molar-refractivity contribution in [1.82, 2.24) is 0 Å². The highest BCUT2D eigenvalue weighted by Crippen LogP contribution is 2.10. The lowest BCUT2D eigenvalue weighted by Gasteiger charge is -1.81. The number of thiocarbonyl (C=S) groups is 1. The second kappa shape index (κ2) is 6.11. The molecule has 1 aliphatic carbocycles. The van der Waals surface area contributed by atoms with E-state index in [4.69, 9.17) is 5.73 Å². The van der Waals surface area contributed by atoms with Crippen molar-refractivity contribution < 1.29 is 0 Å². The molecule has 0 aromatic rings. The molecule has 52 valence electrons. The van der Waals surface area contributed by atoms with Crippen LogP contribution in [0.5, 0.6) is 0 Å². The molecule has 0 aromatic heterocycles. The van der Waals surface area contributed by atoms with E-state index in [9.17, 15) is 0 Å². The summed E-state index contributed by atoms with van der Waals surface area (Å²) in [4.78, 5) is 0. The van der Waals surface area contributed by atoms with E-state index in [1.807, 2.05) is 0 Å². The van der Waals surface area contributed by atoms with Crippen LogP contribution in [0.3, 0.4) is 0 Å². The summed E-state index contributed by atoms with van der Waals surface area (Å²) in [6.45, 7) is 0. The Hall–Kier alpha value is -0.0200. The highest BCUT2D eigenvalue weighted by molar-refractivity contribution is 8.08. The van der Waals surface area contributed by atoms with E-state index in [0.29, 0.717) is 0 Å². The molecule has 0 fully saturated rings. The average molecular weight is 161 g/mol. The minimum Gasteiger partial charge on any atom is -0.402 e. The first kappa shape index (κ1) is 8.98. The summed E-state index contributed by atoms with van der Waals surface area (Å²) in [5.41, 5.74) is 6.47. The van der Waals surface area contributed by atoms with Crippen LogP contribution in [0.15, 0.2) is 11.8 Å².